The van der Waals surface area contributed by atoms with Crippen LogP contribution in [-0.2, 0) is 0 Å². The van der Waals surface area contributed by atoms with E-state index in [9.17, 15) is 4.79 Å². The molecular formula is C14H13NO3. The van der Waals surface area contributed by atoms with Crippen LogP contribution < -0.4 is 9.47 Å². The molecule has 0 saturated heterocycles. The predicted octanol–water partition coefficient (Wildman–Crippen LogP) is 3.09. The summed E-state index contributed by atoms with van der Waals surface area (Å²) in [6, 6.07) is 8.57. The maximum atomic E-state index is 11.5. The van der Waals surface area contributed by atoms with Gasteiger partial charge in [0.25, 0.3) is 0 Å². The van der Waals surface area contributed by atoms with Crippen LogP contribution in [0.25, 0.3) is 0 Å². The van der Waals surface area contributed by atoms with E-state index in [1.54, 1.807) is 49.8 Å². The van der Waals surface area contributed by atoms with Crippen LogP contribution in [-0.4, -0.2) is 17.9 Å². The van der Waals surface area contributed by atoms with Gasteiger partial charge in [0.1, 0.15) is 17.2 Å². The third-order valence-electron chi connectivity index (χ3n) is 2.45. The zero-order chi connectivity index (χ0) is 13.0. The standard InChI is InChI=1S/C14H13NO3/c1-10(16)13-4-3-12(17-2)9-14(13)18-11-5-7-15-8-6-11/h3-9H,1-2H3. The van der Waals surface area contributed by atoms with Crippen molar-refractivity contribution in [2.45, 2.75) is 6.92 Å². The number of methoxy groups -OCH3 is 1. The summed E-state index contributed by atoms with van der Waals surface area (Å²) >= 11 is 0. The number of rotatable bonds is 4. The number of carbonyl (C=O) groups excluding carboxylic acids is 1. The van der Waals surface area contributed by atoms with Gasteiger partial charge in [-0.15, -0.1) is 0 Å². The van der Waals surface area contributed by atoms with Gasteiger partial charge in [0, 0.05) is 18.5 Å². The Bertz CT molecular complexity index is 552. The van der Waals surface area contributed by atoms with Crippen LogP contribution in [0.1, 0.15) is 17.3 Å². The number of nitrogens with zero attached hydrogens (tertiary/aromatic N) is 1. The molecule has 1 aromatic heterocycles. The van der Waals surface area contributed by atoms with Gasteiger partial charge in [-0.1, -0.05) is 0 Å². The van der Waals surface area contributed by atoms with Crippen LogP contribution in [0.5, 0.6) is 17.2 Å². The molecule has 0 spiro atoms. The zero-order valence-electron chi connectivity index (χ0n) is 10.2. The van der Waals surface area contributed by atoms with Crippen molar-refractivity contribution in [1.29, 1.82) is 0 Å². The van der Waals surface area contributed by atoms with Crippen molar-refractivity contribution in [3.05, 3.63) is 48.3 Å². The molecule has 0 bridgehead atoms. The van der Waals surface area contributed by atoms with Crippen molar-refractivity contribution in [3.63, 3.8) is 0 Å². The highest BCUT2D eigenvalue weighted by Crippen LogP contribution is 2.29. The summed E-state index contributed by atoms with van der Waals surface area (Å²) in [6.45, 7) is 1.50. The Labute approximate surface area is 105 Å². The zero-order valence-corrected chi connectivity index (χ0v) is 10.2. The molecule has 92 valence electrons. The molecule has 18 heavy (non-hydrogen) atoms. The van der Waals surface area contributed by atoms with Crippen LogP contribution in [0.3, 0.4) is 0 Å². The minimum atomic E-state index is -0.0540. The monoisotopic (exact) mass is 243 g/mol. The van der Waals surface area contributed by atoms with Crippen LogP contribution >= 0.6 is 0 Å². The van der Waals surface area contributed by atoms with Gasteiger partial charge in [-0.3, -0.25) is 9.78 Å². The van der Waals surface area contributed by atoms with Gasteiger partial charge in [0.15, 0.2) is 5.78 Å². The Hall–Kier alpha value is -2.36. The van der Waals surface area contributed by atoms with E-state index >= 15 is 0 Å². The van der Waals surface area contributed by atoms with E-state index in [0.29, 0.717) is 22.8 Å². The molecule has 0 aliphatic heterocycles. The van der Waals surface area contributed by atoms with Gasteiger partial charge in [-0.25, -0.2) is 0 Å². The van der Waals surface area contributed by atoms with Crippen molar-refractivity contribution in [3.8, 4) is 17.2 Å². The van der Waals surface area contributed by atoms with Crippen LogP contribution in [0.4, 0.5) is 0 Å². The summed E-state index contributed by atoms with van der Waals surface area (Å²) in [7, 11) is 1.57. The minimum absolute atomic E-state index is 0.0540. The maximum Gasteiger partial charge on any atom is 0.163 e. The van der Waals surface area contributed by atoms with E-state index in [1.165, 1.54) is 6.92 Å². The molecule has 0 radical (unpaired) electrons. The lowest BCUT2D eigenvalue weighted by molar-refractivity contribution is 0.101. The summed E-state index contributed by atoms with van der Waals surface area (Å²) in [5.74, 6) is 1.69. The predicted molar refractivity (Wildman–Crippen MR) is 67.3 cm³/mol. The fraction of sp³-hybridized carbons (Fsp3) is 0.143. The fourth-order valence-electron chi connectivity index (χ4n) is 1.54. The van der Waals surface area contributed by atoms with Gasteiger partial charge in [-0.2, -0.15) is 0 Å². The highest BCUT2D eigenvalue weighted by Gasteiger charge is 2.10. The molecule has 0 N–H and O–H groups in total. The molecule has 0 aliphatic rings. The maximum absolute atomic E-state index is 11.5. The molecule has 0 aliphatic carbocycles. The van der Waals surface area contributed by atoms with E-state index in [4.69, 9.17) is 9.47 Å². The van der Waals surface area contributed by atoms with Gasteiger partial charge in [0.2, 0.25) is 0 Å². The summed E-state index contributed by atoms with van der Waals surface area (Å²) in [4.78, 5) is 15.4. The molecule has 0 unspecified atom stereocenters. The summed E-state index contributed by atoms with van der Waals surface area (Å²) in [6.07, 6.45) is 3.26. The lowest BCUT2D eigenvalue weighted by Crippen LogP contribution is -1.98. The number of benzene rings is 1. The van der Waals surface area contributed by atoms with Crippen LogP contribution in [0.15, 0.2) is 42.7 Å². The molecule has 2 rings (SSSR count). The highest BCUT2D eigenvalue weighted by molar-refractivity contribution is 5.97. The number of pyridine rings is 1. The second-order valence-corrected chi connectivity index (χ2v) is 3.70. The normalized spacial score (nSPS) is 9.89. The molecule has 0 saturated carbocycles. The Morgan fingerprint density at radius 1 is 1.11 bits per heavy atom. The first-order valence-corrected chi connectivity index (χ1v) is 5.47. The summed E-state index contributed by atoms with van der Waals surface area (Å²) in [5.41, 5.74) is 0.521. The Balaban J connectivity index is 2.38. The van der Waals surface area contributed by atoms with Crippen molar-refractivity contribution >= 4 is 5.78 Å². The van der Waals surface area contributed by atoms with Gasteiger partial charge in [-0.05, 0) is 31.2 Å². The van der Waals surface area contributed by atoms with Gasteiger partial charge in [0.05, 0.1) is 12.7 Å². The van der Waals surface area contributed by atoms with E-state index < -0.39 is 0 Å². The molecule has 1 heterocycles. The average Bonchev–Trinajstić information content (AvgIpc) is 2.39. The lowest BCUT2D eigenvalue weighted by Gasteiger charge is -2.10. The number of aromatic nitrogens is 1. The van der Waals surface area contributed by atoms with E-state index in [0.717, 1.165) is 0 Å². The van der Waals surface area contributed by atoms with Crippen molar-refractivity contribution in [2.75, 3.05) is 7.11 Å². The molecule has 4 heteroatoms. The van der Waals surface area contributed by atoms with E-state index in [-0.39, 0.29) is 5.78 Å². The largest absolute Gasteiger partial charge is 0.497 e. The summed E-state index contributed by atoms with van der Waals surface area (Å²) in [5, 5.41) is 0. The van der Waals surface area contributed by atoms with Crippen molar-refractivity contribution in [2.24, 2.45) is 0 Å². The highest BCUT2D eigenvalue weighted by atomic mass is 16.5. The molecule has 0 fully saturated rings. The Morgan fingerprint density at radius 3 is 2.44 bits per heavy atom. The lowest BCUT2D eigenvalue weighted by atomic mass is 10.1. The molecule has 2 aromatic rings. The second kappa shape index (κ2) is 5.31. The quantitative estimate of drug-likeness (QED) is 0.774. The molecule has 0 amide bonds. The number of ether oxygens (including phenoxy) is 2. The topological polar surface area (TPSA) is 48.4 Å². The number of hydrogen-bond donors (Lipinski definition) is 0. The number of carbonyl (C=O) groups is 1. The Morgan fingerprint density at radius 2 is 1.83 bits per heavy atom. The number of hydrogen-bond acceptors (Lipinski definition) is 4. The third kappa shape index (κ3) is 2.66. The second-order valence-electron chi connectivity index (χ2n) is 3.70. The molecular weight excluding hydrogens is 230 g/mol. The van der Waals surface area contributed by atoms with E-state index in [1.807, 2.05) is 0 Å². The van der Waals surface area contributed by atoms with Crippen molar-refractivity contribution < 1.29 is 14.3 Å². The third-order valence-corrected chi connectivity index (χ3v) is 2.45. The fourth-order valence-corrected chi connectivity index (χ4v) is 1.54. The van der Waals surface area contributed by atoms with E-state index in [2.05, 4.69) is 4.98 Å². The number of Topliss-reactive ketones (excluding diaryl/α,β-unsaturated/α-hetero) is 1. The average molecular weight is 243 g/mol. The smallest absolute Gasteiger partial charge is 0.163 e. The first-order valence-electron chi connectivity index (χ1n) is 5.47. The first-order chi connectivity index (χ1) is 8.70. The SMILES string of the molecule is COc1ccc(C(C)=O)c(Oc2ccncc2)c1. The first kappa shape index (κ1) is 12.1. The Kier molecular flexibility index (Phi) is 3.57. The molecule has 4 nitrogen and oxygen atoms in total. The van der Waals surface area contributed by atoms with Crippen LogP contribution in [0.2, 0.25) is 0 Å². The van der Waals surface area contributed by atoms with Gasteiger partial charge >= 0.3 is 0 Å². The molecule has 0 atom stereocenters. The van der Waals surface area contributed by atoms with Crippen molar-refractivity contribution in [1.82, 2.24) is 4.98 Å². The van der Waals surface area contributed by atoms with Crippen LogP contribution in [0, 0.1) is 0 Å². The van der Waals surface area contributed by atoms with Gasteiger partial charge < -0.3 is 9.47 Å². The minimum Gasteiger partial charge on any atom is -0.497 e. The number of ketones is 1. The molecule has 1 aromatic carbocycles. The summed E-state index contributed by atoms with van der Waals surface area (Å²) < 4.78 is 10.8.